The number of rotatable bonds is 3. The Balaban J connectivity index is 1.76. The molecule has 0 aliphatic heterocycles. The van der Waals surface area contributed by atoms with Gasteiger partial charge in [-0.2, -0.15) is 0 Å². The van der Waals surface area contributed by atoms with Crippen LogP contribution in [0.25, 0.3) is 6.08 Å². The minimum absolute atomic E-state index is 0.926. The summed E-state index contributed by atoms with van der Waals surface area (Å²) in [5.74, 6) is 1.90. The Morgan fingerprint density at radius 3 is 2.86 bits per heavy atom. The average Bonchev–Trinajstić information content (AvgIpc) is 2.72. The first kappa shape index (κ1) is 9.57. The normalized spacial score (nSPS) is 19.1. The molecule has 1 fully saturated rings. The van der Waals surface area contributed by atoms with E-state index in [1.54, 1.807) is 6.26 Å². The maximum absolute atomic E-state index is 5.24. The predicted molar refractivity (Wildman–Crippen MR) is 58.9 cm³/mol. The van der Waals surface area contributed by atoms with Crippen molar-refractivity contribution in [2.75, 3.05) is 0 Å². The van der Waals surface area contributed by atoms with Crippen LogP contribution in [0, 0.1) is 5.92 Å². The van der Waals surface area contributed by atoms with Gasteiger partial charge in [-0.3, -0.25) is 0 Å². The van der Waals surface area contributed by atoms with Crippen molar-refractivity contribution in [1.29, 1.82) is 0 Å². The monoisotopic (exact) mass is 190 g/mol. The lowest BCUT2D eigenvalue weighted by Gasteiger charge is -2.19. The summed E-state index contributed by atoms with van der Waals surface area (Å²) in [6.45, 7) is 0. The van der Waals surface area contributed by atoms with E-state index in [-0.39, 0.29) is 0 Å². The van der Waals surface area contributed by atoms with Gasteiger partial charge in [0.15, 0.2) is 0 Å². The zero-order chi connectivity index (χ0) is 9.64. The van der Waals surface area contributed by atoms with Gasteiger partial charge < -0.3 is 4.42 Å². The zero-order valence-corrected chi connectivity index (χ0v) is 8.61. The summed E-state index contributed by atoms with van der Waals surface area (Å²) < 4.78 is 5.24. The highest BCUT2D eigenvalue weighted by Gasteiger charge is 2.11. The fourth-order valence-corrected chi connectivity index (χ4v) is 2.19. The molecule has 1 heterocycles. The van der Waals surface area contributed by atoms with E-state index >= 15 is 0 Å². The molecule has 0 aromatic carbocycles. The maximum Gasteiger partial charge on any atom is 0.126 e. The number of allylic oxidation sites excluding steroid dienone is 1. The molecule has 0 atom stereocenters. The molecule has 1 aromatic rings. The third-order valence-corrected chi connectivity index (χ3v) is 3.02. The van der Waals surface area contributed by atoms with Gasteiger partial charge in [0.2, 0.25) is 0 Å². The Morgan fingerprint density at radius 2 is 2.14 bits per heavy atom. The van der Waals surface area contributed by atoms with Gasteiger partial charge in [0.05, 0.1) is 6.26 Å². The quantitative estimate of drug-likeness (QED) is 0.694. The van der Waals surface area contributed by atoms with Gasteiger partial charge in [-0.05, 0) is 30.5 Å². The second-order valence-corrected chi connectivity index (χ2v) is 4.16. The molecule has 0 amide bonds. The summed E-state index contributed by atoms with van der Waals surface area (Å²) >= 11 is 0. The minimum atomic E-state index is 0.926. The summed E-state index contributed by atoms with van der Waals surface area (Å²) in [6.07, 6.45) is 14.4. The molecule has 1 nitrogen and oxygen atoms in total. The van der Waals surface area contributed by atoms with Crippen LogP contribution in [0.5, 0.6) is 0 Å². The van der Waals surface area contributed by atoms with Crippen molar-refractivity contribution in [3.05, 3.63) is 30.2 Å². The van der Waals surface area contributed by atoms with Crippen LogP contribution in [0.3, 0.4) is 0 Å². The van der Waals surface area contributed by atoms with Gasteiger partial charge >= 0.3 is 0 Å². The van der Waals surface area contributed by atoms with E-state index in [0.29, 0.717) is 0 Å². The average molecular weight is 190 g/mol. The number of hydrogen-bond acceptors (Lipinski definition) is 1. The topological polar surface area (TPSA) is 13.1 Å². The highest BCUT2D eigenvalue weighted by molar-refractivity contribution is 5.41. The summed E-state index contributed by atoms with van der Waals surface area (Å²) in [5, 5.41) is 0. The minimum Gasteiger partial charge on any atom is -0.465 e. The van der Waals surface area contributed by atoms with Gasteiger partial charge in [-0.15, -0.1) is 0 Å². The molecule has 1 heteroatoms. The van der Waals surface area contributed by atoms with Gasteiger partial charge in [0.25, 0.3) is 0 Å². The van der Waals surface area contributed by atoms with Crippen molar-refractivity contribution in [3.63, 3.8) is 0 Å². The van der Waals surface area contributed by atoms with Crippen LogP contribution in [0.1, 0.15) is 44.3 Å². The van der Waals surface area contributed by atoms with Crippen molar-refractivity contribution in [2.45, 2.75) is 38.5 Å². The summed E-state index contributed by atoms with van der Waals surface area (Å²) in [5.41, 5.74) is 0. The molecule has 0 bridgehead atoms. The lowest BCUT2D eigenvalue weighted by atomic mass is 9.87. The van der Waals surface area contributed by atoms with Crippen molar-refractivity contribution in [2.24, 2.45) is 5.92 Å². The van der Waals surface area contributed by atoms with E-state index in [1.807, 2.05) is 12.1 Å². The SMILES string of the molecule is C(=C\c1ccco1)/CC1CCCCC1. The molecule has 1 saturated carbocycles. The molecule has 1 aliphatic carbocycles. The van der Waals surface area contributed by atoms with E-state index in [4.69, 9.17) is 4.42 Å². The lowest BCUT2D eigenvalue weighted by molar-refractivity contribution is 0.361. The lowest BCUT2D eigenvalue weighted by Crippen LogP contribution is -2.04. The fourth-order valence-electron chi connectivity index (χ4n) is 2.19. The molecule has 1 aliphatic rings. The Hall–Kier alpha value is -0.980. The van der Waals surface area contributed by atoms with E-state index in [2.05, 4.69) is 12.2 Å². The Morgan fingerprint density at radius 1 is 1.29 bits per heavy atom. The molecular formula is C13H18O. The molecule has 0 unspecified atom stereocenters. The van der Waals surface area contributed by atoms with E-state index in [9.17, 15) is 0 Å². The van der Waals surface area contributed by atoms with Crippen molar-refractivity contribution in [1.82, 2.24) is 0 Å². The van der Waals surface area contributed by atoms with Crippen LogP contribution in [0.4, 0.5) is 0 Å². The summed E-state index contributed by atoms with van der Waals surface area (Å²) in [7, 11) is 0. The summed E-state index contributed by atoms with van der Waals surface area (Å²) in [6, 6.07) is 3.93. The standard InChI is InChI=1S/C13H18O/c1-2-6-12(7-3-1)8-4-9-13-10-5-11-14-13/h4-5,9-12H,1-3,6-8H2/b9-4+. The fraction of sp³-hybridized carbons (Fsp3) is 0.538. The van der Waals surface area contributed by atoms with Crippen LogP contribution in [-0.4, -0.2) is 0 Å². The molecule has 14 heavy (non-hydrogen) atoms. The van der Waals surface area contributed by atoms with Crippen molar-refractivity contribution >= 4 is 6.08 Å². The molecular weight excluding hydrogens is 172 g/mol. The largest absolute Gasteiger partial charge is 0.465 e. The Labute approximate surface area is 85.8 Å². The Bertz CT molecular complexity index is 265. The van der Waals surface area contributed by atoms with Gasteiger partial charge in [0.1, 0.15) is 5.76 Å². The van der Waals surface area contributed by atoms with E-state index < -0.39 is 0 Å². The molecule has 0 saturated heterocycles. The van der Waals surface area contributed by atoms with Crippen LogP contribution >= 0.6 is 0 Å². The smallest absolute Gasteiger partial charge is 0.126 e. The highest BCUT2D eigenvalue weighted by Crippen LogP contribution is 2.26. The van der Waals surface area contributed by atoms with Gasteiger partial charge in [0, 0.05) is 0 Å². The van der Waals surface area contributed by atoms with Crippen LogP contribution in [-0.2, 0) is 0 Å². The molecule has 76 valence electrons. The zero-order valence-electron chi connectivity index (χ0n) is 8.61. The summed E-state index contributed by atoms with van der Waals surface area (Å²) in [4.78, 5) is 0. The molecule has 2 rings (SSSR count). The molecule has 0 spiro atoms. The predicted octanol–water partition coefficient (Wildman–Crippen LogP) is 4.26. The first-order valence-electron chi connectivity index (χ1n) is 5.65. The second-order valence-electron chi connectivity index (χ2n) is 4.16. The highest BCUT2D eigenvalue weighted by atomic mass is 16.3. The molecule has 0 N–H and O–H groups in total. The maximum atomic E-state index is 5.24. The van der Waals surface area contributed by atoms with Crippen LogP contribution in [0.15, 0.2) is 28.9 Å². The second kappa shape index (κ2) is 5.04. The van der Waals surface area contributed by atoms with Gasteiger partial charge in [-0.1, -0.05) is 38.2 Å². The third-order valence-electron chi connectivity index (χ3n) is 3.02. The van der Waals surface area contributed by atoms with E-state index in [0.717, 1.165) is 11.7 Å². The van der Waals surface area contributed by atoms with Crippen LogP contribution in [0.2, 0.25) is 0 Å². The van der Waals surface area contributed by atoms with Crippen LogP contribution < -0.4 is 0 Å². The van der Waals surface area contributed by atoms with Gasteiger partial charge in [-0.25, -0.2) is 0 Å². The molecule has 0 radical (unpaired) electrons. The first-order chi connectivity index (χ1) is 6.95. The van der Waals surface area contributed by atoms with E-state index in [1.165, 1.54) is 38.5 Å². The first-order valence-corrected chi connectivity index (χ1v) is 5.65. The number of furan rings is 1. The number of hydrogen-bond donors (Lipinski definition) is 0. The third kappa shape index (κ3) is 2.76. The van der Waals surface area contributed by atoms with Crippen molar-refractivity contribution in [3.8, 4) is 0 Å². The molecule has 1 aromatic heterocycles. The Kier molecular flexibility index (Phi) is 3.44. The van der Waals surface area contributed by atoms with Crippen molar-refractivity contribution < 1.29 is 4.42 Å².